The van der Waals surface area contributed by atoms with E-state index in [0.717, 1.165) is 35.3 Å². The molecule has 114 valence electrons. The molecule has 1 heterocycles. The molecule has 1 aromatic heterocycles. The van der Waals surface area contributed by atoms with Crippen molar-refractivity contribution < 1.29 is 4.42 Å². The minimum absolute atomic E-state index is 0. The van der Waals surface area contributed by atoms with Crippen LogP contribution in [0.15, 0.2) is 52.1 Å². The van der Waals surface area contributed by atoms with Crippen molar-refractivity contribution in [3.63, 3.8) is 0 Å². The third-order valence-corrected chi connectivity index (χ3v) is 3.24. The second-order valence-electron chi connectivity index (χ2n) is 4.27. The zero-order chi connectivity index (χ0) is 14.2. The summed E-state index contributed by atoms with van der Waals surface area (Å²) in [6.07, 6.45) is 2.50. The number of guanidine groups is 1. The van der Waals surface area contributed by atoms with Crippen LogP contribution in [0.5, 0.6) is 0 Å². The largest absolute Gasteiger partial charge is 0.469 e. The van der Waals surface area contributed by atoms with Crippen molar-refractivity contribution in [1.29, 1.82) is 0 Å². The first-order chi connectivity index (χ1) is 9.79. The Morgan fingerprint density at radius 1 is 1.19 bits per heavy atom. The van der Waals surface area contributed by atoms with Gasteiger partial charge in [0.1, 0.15) is 5.76 Å². The van der Waals surface area contributed by atoms with E-state index in [9.17, 15) is 0 Å². The maximum atomic E-state index is 6.11. The molecular weight excluding hydrogens is 401 g/mol. The molecule has 2 aromatic rings. The van der Waals surface area contributed by atoms with E-state index >= 15 is 0 Å². The number of halogens is 2. The van der Waals surface area contributed by atoms with E-state index in [4.69, 9.17) is 16.0 Å². The SMILES string of the molecule is CN=C(NCCc1ccco1)NCc1ccccc1Cl.I. The molecule has 6 heteroatoms. The summed E-state index contributed by atoms with van der Waals surface area (Å²) in [5, 5.41) is 7.22. The highest BCUT2D eigenvalue weighted by Gasteiger charge is 2.02. The molecule has 0 saturated heterocycles. The summed E-state index contributed by atoms with van der Waals surface area (Å²) in [5.41, 5.74) is 1.04. The lowest BCUT2D eigenvalue weighted by Gasteiger charge is -2.12. The van der Waals surface area contributed by atoms with Crippen LogP contribution in [0.3, 0.4) is 0 Å². The van der Waals surface area contributed by atoms with Crippen molar-refractivity contribution in [2.45, 2.75) is 13.0 Å². The average molecular weight is 420 g/mol. The lowest BCUT2D eigenvalue weighted by Crippen LogP contribution is -2.37. The summed E-state index contributed by atoms with van der Waals surface area (Å²) in [5.74, 6) is 1.70. The number of hydrogen-bond acceptors (Lipinski definition) is 2. The second kappa shape index (κ2) is 9.68. The Labute approximate surface area is 147 Å². The number of nitrogens with zero attached hydrogens (tertiary/aromatic N) is 1. The Bertz CT molecular complexity index is 558. The van der Waals surface area contributed by atoms with Gasteiger partial charge in [0.05, 0.1) is 6.26 Å². The molecule has 0 unspecified atom stereocenters. The van der Waals surface area contributed by atoms with E-state index in [1.807, 2.05) is 36.4 Å². The van der Waals surface area contributed by atoms with Gasteiger partial charge in [-0.3, -0.25) is 4.99 Å². The smallest absolute Gasteiger partial charge is 0.191 e. The average Bonchev–Trinajstić information content (AvgIpc) is 2.97. The van der Waals surface area contributed by atoms with Gasteiger partial charge in [0.25, 0.3) is 0 Å². The molecule has 0 atom stereocenters. The highest BCUT2D eigenvalue weighted by atomic mass is 127. The van der Waals surface area contributed by atoms with Crippen LogP contribution in [0.2, 0.25) is 5.02 Å². The van der Waals surface area contributed by atoms with Gasteiger partial charge in [0.2, 0.25) is 0 Å². The minimum atomic E-state index is 0. The third-order valence-electron chi connectivity index (χ3n) is 2.87. The maximum absolute atomic E-state index is 6.11. The van der Waals surface area contributed by atoms with Gasteiger partial charge in [-0.25, -0.2) is 0 Å². The summed E-state index contributed by atoms with van der Waals surface area (Å²) >= 11 is 6.11. The normalized spacial score (nSPS) is 10.9. The zero-order valence-corrected chi connectivity index (χ0v) is 14.9. The molecule has 21 heavy (non-hydrogen) atoms. The summed E-state index contributed by atoms with van der Waals surface area (Å²) in [6.45, 7) is 1.40. The highest BCUT2D eigenvalue weighted by Crippen LogP contribution is 2.14. The van der Waals surface area contributed by atoms with Crippen LogP contribution in [0.1, 0.15) is 11.3 Å². The monoisotopic (exact) mass is 419 g/mol. The van der Waals surface area contributed by atoms with Gasteiger partial charge in [-0.1, -0.05) is 29.8 Å². The summed E-state index contributed by atoms with van der Waals surface area (Å²) in [7, 11) is 1.74. The summed E-state index contributed by atoms with van der Waals surface area (Å²) in [6, 6.07) is 11.6. The molecule has 0 amide bonds. The predicted molar refractivity (Wildman–Crippen MR) is 97.5 cm³/mol. The molecule has 0 aliphatic rings. The zero-order valence-electron chi connectivity index (χ0n) is 11.8. The topological polar surface area (TPSA) is 49.6 Å². The first-order valence-corrected chi connectivity index (χ1v) is 6.87. The van der Waals surface area contributed by atoms with Gasteiger partial charge in [-0.2, -0.15) is 0 Å². The molecule has 0 saturated carbocycles. The Morgan fingerprint density at radius 3 is 2.67 bits per heavy atom. The number of benzene rings is 1. The lowest BCUT2D eigenvalue weighted by molar-refractivity contribution is 0.507. The van der Waals surface area contributed by atoms with Crippen LogP contribution < -0.4 is 10.6 Å². The highest BCUT2D eigenvalue weighted by molar-refractivity contribution is 14.0. The fraction of sp³-hybridized carbons (Fsp3) is 0.267. The molecule has 0 bridgehead atoms. The Balaban J connectivity index is 0.00000220. The quantitative estimate of drug-likeness (QED) is 0.443. The van der Waals surface area contributed by atoms with Crippen molar-refractivity contribution in [2.24, 2.45) is 4.99 Å². The molecule has 0 fully saturated rings. The van der Waals surface area contributed by atoms with Crippen LogP contribution in [0.4, 0.5) is 0 Å². The number of furan rings is 1. The van der Waals surface area contributed by atoms with E-state index in [0.29, 0.717) is 6.54 Å². The van der Waals surface area contributed by atoms with Gasteiger partial charge in [0.15, 0.2) is 5.96 Å². The Morgan fingerprint density at radius 2 is 2.00 bits per heavy atom. The molecule has 0 aliphatic heterocycles. The van der Waals surface area contributed by atoms with Crippen molar-refractivity contribution >= 4 is 41.5 Å². The minimum Gasteiger partial charge on any atom is -0.469 e. The van der Waals surface area contributed by atoms with Gasteiger partial charge in [0, 0.05) is 31.6 Å². The van der Waals surface area contributed by atoms with E-state index < -0.39 is 0 Å². The van der Waals surface area contributed by atoms with Gasteiger partial charge < -0.3 is 15.1 Å². The summed E-state index contributed by atoms with van der Waals surface area (Å²) in [4.78, 5) is 4.17. The first-order valence-electron chi connectivity index (χ1n) is 6.50. The molecule has 1 aromatic carbocycles. The van der Waals surface area contributed by atoms with E-state index in [2.05, 4.69) is 15.6 Å². The van der Waals surface area contributed by atoms with E-state index in [-0.39, 0.29) is 24.0 Å². The van der Waals surface area contributed by atoms with Crippen molar-refractivity contribution in [2.75, 3.05) is 13.6 Å². The summed E-state index contributed by atoms with van der Waals surface area (Å²) < 4.78 is 5.28. The molecule has 0 aliphatic carbocycles. The van der Waals surface area contributed by atoms with Gasteiger partial charge >= 0.3 is 0 Å². The predicted octanol–water partition coefficient (Wildman–Crippen LogP) is 3.46. The maximum Gasteiger partial charge on any atom is 0.191 e. The molecule has 2 N–H and O–H groups in total. The Hall–Kier alpha value is -1.21. The second-order valence-corrected chi connectivity index (χ2v) is 4.68. The van der Waals surface area contributed by atoms with Crippen LogP contribution in [-0.4, -0.2) is 19.6 Å². The standard InChI is InChI=1S/C15H18ClN3O.HI/c1-17-15(18-9-8-13-6-4-10-20-13)19-11-12-5-2-3-7-14(12)16;/h2-7,10H,8-9,11H2,1H3,(H2,17,18,19);1H. The molecule has 4 nitrogen and oxygen atoms in total. The molecule has 0 radical (unpaired) electrons. The number of hydrogen-bond donors (Lipinski definition) is 2. The number of nitrogens with one attached hydrogen (secondary N) is 2. The Kier molecular flexibility index (Phi) is 8.22. The van der Waals surface area contributed by atoms with Gasteiger partial charge in [-0.15, -0.1) is 24.0 Å². The van der Waals surface area contributed by atoms with Crippen LogP contribution in [0.25, 0.3) is 0 Å². The first kappa shape index (κ1) is 17.8. The van der Waals surface area contributed by atoms with E-state index in [1.54, 1.807) is 13.3 Å². The molecule has 0 spiro atoms. The van der Waals surface area contributed by atoms with Crippen molar-refractivity contribution in [3.8, 4) is 0 Å². The van der Waals surface area contributed by atoms with Crippen molar-refractivity contribution in [3.05, 3.63) is 59.0 Å². The van der Waals surface area contributed by atoms with Crippen molar-refractivity contribution in [1.82, 2.24) is 10.6 Å². The molecule has 2 rings (SSSR count). The van der Waals surface area contributed by atoms with E-state index in [1.165, 1.54) is 0 Å². The van der Waals surface area contributed by atoms with Crippen LogP contribution in [-0.2, 0) is 13.0 Å². The lowest BCUT2D eigenvalue weighted by atomic mass is 10.2. The van der Waals surface area contributed by atoms with Crippen LogP contribution in [0, 0.1) is 0 Å². The third kappa shape index (κ3) is 5.97. The number of aliphatic imine (C=N–C) groups is 1. The van der Waals surface area contributed by atoms with Crippen LogP contribution >= 0.6 is 35.6 Å². The molecular formula is C15H19ClIN3O. The fourth-order valence-corrected chi connectivity index (χ4v) is 2.00. The fourth-order valence-electron chi connectivity index (χ4n) is 1.80. The van der Waals surface area contributed by atoms with Gasteiger partial charge in [-0.05, 0) is 23.8 Å². The number of rotatable bonds is 5.